The largest absolute Gasteiger partial charge is 0.379 e. The summed E-state index contributed by atoms with van der Waals surface area (Å²) in [5.41, 5.74) is 0.232. The zero-order valence-corrected chi connectivity index (χ0v) is 17.7. The van der Waals surface area contributed by atoms with Crippen molar-refractivity contribution >= 4 is 15.9 Å². The van der Waals surface area contributed by atoms with Crippen molar-refractivity contribution in [2.45, 2.75) is 49.0 Å². The monoisotopic (exact) mass is 412 g/mol. The topological polar surface area (TPSA) is 94.7 Å². The van der Waals surface area contributed by atoms with E-state index in [2.05, 4.69) is 29.3 Å². The third-order valence-electron chi connectivity index (χ3n) is 6.07. The summed E-state index contributed by atoms with van der Waals surface area (Å²) < 4.78 is 32.1. The van der Waals surface area contributed by atoms with Gasteiger partial charge >= 0.3 is 0 Å². The van der Waals surface area contributed by atoms with Crippen LogP contribution in [0.25, 0.3) is 0 Å². The maximum Gasteiger partial charge on any atom is 0.267 e. The number of ether oxygens (including phenoxy) is 1. The molecule has 1 aliphatic heterocycles. The minimum absolute atomic E-state index is 0.0402. The number of hydrogen-bond donors (Lipinski definition) is 2. The number of amides is 1. The third-order valence-corrected chi connectivity index (χ3v) is 7.95. The van der Waals surface area contributed by atoms with E-state index >= 15 is 0 Å². The van der Waals surface area contributed by atoms with Gasteiger partial charge in [0.2, 0.25) is 10.0 Å². The van der Waals surface area contributed by atoms with E-state index in [1.807, 2.05) is 0 Å². The summed E-state index contributed by atoms with van der Waals surface area (Å²) in [4.78, 5) is 17.8. The van der Waals surface area contributed by atoms with Gasteiger partial charge in [-0.3, -0.25) is 4.79 Å². The second kappa shape index (κ2) is 8.94. The number of aromatic nitrogens is 1. The highest BCUT2D eigenvalue weighted by Gasteiger charge is 2.34. The lowest BCUT2D eigenvalue weighted by atomic mass is 9.88. The molecule has 0 radical (unpaired) electrons. The molecule has 1 aliphatic carbocycles. The van der Waals surface area contributed by atoms with E-state index in [0.717, 1.165) is 12.8 Å². The summed E-state index contributed by atoms with van der Waals surface area (Å²) in [6.45, 7) is 2.01. The van der Waals surface area contributed by atoms with Gasteiger partial charge in [-0.2, -0.15) is 4.31 Å². The van der Waals surface area contributed by atoms with Crippen molar-refractivity contribution in [2.75, 3.05) is 46.9 Å². The minimum Gasteiger partial charge on any atom is -0.379 e. The summed E-state index contributed by atoms with van der Waals surface area (Å²) in [5, 5.41) is 3.02. The van der Waals surface area contributed by atoms with E-state index in [1.165, 1.54) is 42.3 Å². The van der Waals surface area contributed by atoms with Crippen LogP contribution in [0.1, 0.15) is 49.0 Å². The first kappa shape index (κ1) is 21.3. The van der Waals surface area contributed by atoms with E-state index in [-0.39, 0.29) is 22.0 Å². The minimum atomic E-state index is -3.61. The van der Waals surface area contributed by atoms with Crippen LogP contribution in [0.5, 0.6) is 0 Å². The van der Waals surface area contributed by atoms with Crippen LogP contribution in [0.2, 0.25) is 0 Å². The van der Waals surface area contributed by atoms with E-state index in [0.29, 0.717) is 32.8 Å². The molecule has 1 aromatic heterocycles. The number of carbonyl (C=O) groups excluding carboxylic acids is 1. The van der Waals surface area contributed by atoms with Gasteiger partial charge in [0, 0.05) is 31.4 Å². The van der Waals surface area contributed by atoms with Crippen molar-refractivity contribution in [1.29, 1.82) is 0 Å². The van der Waals surface area contributed by atoms with E-state index in [1.54, 1.807) is 0 Å². The zero-order valence-electron chi connectivity index (χ0n) is 16.9. The molecule has 0 atom stereocenters. The van der Waals surface area contributed by atoms with Crippen LogP contribution in [-0.2, 0) is 14.8 Å². The molecule has 2 N–H and O–H groups in total. The molecule has 158 valence electrons. The highest BCUT2D eigenvalue weighted by Crippen LogP contribution is 2.30. The van der Waals surface area contributed by atoms with Gasteiger partial charge in [-0.05, 0) is 33.0 Å². The van der Waals surface area contributed by atoms with Gasteiger partial charge in [0.05, 0.1) is 13.2 Å². The Morgan fingerprint density at radius 2 is 1.86 bits per heavy atom. The Labute approximate surface area is 167 Å². The quantitative estimate of drug-likeness (QED) is 0.689. The summed E-state index contributed by atoms with van der Waals surface area (Å²) in [6.07, 6.45) is 8.32. The molecule has 1 aromatic rings. The number of aromatic amines is 1. The second-order valence-corrected chi connectivity index (χ2v) is 9.92. The molecular weight excluding hydrogens is 380 g/mol. The van der Waals surface area contributed by atoms with Crippen molar-refractivity contribution < 1.29 is 17.9 Å². The average molecular weight is 413 g/mol. The Kier molecular flexibility index (Phi) is 6.80. The Morgan fingerprint density at radius 3 is 2.46 bits per heavy atom. The zero-order chi connectivity index (χ0) is 20.2. The molecule has 1 saturated heterocycles. The standard InChI is InChI=1S/C19H32N4O4S/c1-22(2)19(7-5-3-4-6-8-19)15-21-18(24)17-13-16(14-20-17)28(25,26)23-9-11-27-12-10-23/h13-14,20H,3-12,15H2,1-2H3,(H,21,24). The highest BCUT2D eigenvalue weighted by molar-refractivity contribution is 7.89. The molecule has 1 amide bonds. The number of sulfonamides is 1. The fourth-order valence-electron chi connectivity index (χ4n) is 4.10. The van der Waals surface area contributed by atoms with Gasteiger partial charge < -0.3 is 19.9 Å². The second-order valence-electron chi connectivity index (χ2n) is 7.98. The van der Waals surface area contributed by atoms with Crippen molar-refractivity contribution in [3.8, 4) is 0 Å². The number of carbonyl (C=O) groups is 1. The van der Waals surface area contributed by atoms with Crippen LogP contribution in [-0.4, -0.2) is 81.0 Å². The maximum atomic E-state index is 12.7. The number of hydrogen-bond acceptors (Lipinski definition) is 5. The number of likely N-dealkylation sites (N-methyl/N-ethyl adjacent to an activating group) is 1. The highest BCUT2D eigenvalue weighted by atomic mass is 32.2. The number of nitrogens with zero attached hydrogens (tertiary/aromatic N) is 2. The summed E-state index contributed by atoms with van der Waals surface area (Å²) in [7, 11) is 0.531. The van der Waals surface area contributed by atoms with Gasteiger partial charge in [0.15, 0.2) is 0 Å². The van der Waals surface area contributed by atoms with Crippen LogP contribution in [0.15, 0.2) is 17.2 Å². The van der Waals surface area contributed by atoms with Gasteiger partial charge in [-0.25, -0.2) is 8.42 Å². The predicted octanol–water partition coefficient (Wildman–Crippen LogP) is 1.42. The summed E-state index contributed by atoms with van der Waals surface area (Å²) in [5.74, 6) is -0.270. The molecule has 8 nitrogen and oxygen atoms in total. The molecule has 2 heterocycles. The molecule has 0 aromatic carbocycles. The lowest BCUT2D eigenvalue weighted by molar-refractivity contribution is 0.0730. The Balaban J connectivity index is 1.66. The molecule has 2 aliphatic rings. The van der Waals surface area contributed by atoms with Crippen LogP contribution >= 0.6 is 0 Å². The number of morpholine rings is 1. The molecule has 9 heteroatoms. The predicted molar refractivity (Wildman–Crippen MR) is 107 cm³/mol. The SMILES string of the molecule is CN(C)C1(CNC(=O)c2cc(S(=O)(=O)N3CCOCC3)c[nH]2)CCCCCC1. The van der Waals surface area contributed by atoms with Crippen LogP contribution in [0, 0.1) is 0 Å². The Hall–Kier alpha value is -1.42. The van der Waals surface area contributed by atoms with Gasteiger partial charge in [0.1, 0.15) is 10.6 Å². The molecule has 0 spiro atoms. The molecule has 2 fully saturated rings. The van der Waals surface area contributed by atoms with Crippen molar-refractivity contribution in [2.24, 2.45) is 0 Å². The van der Waals surface area contributed by atoms with Gasteiger partial charge in [0.25, 0.3) is 5.91 Å². The molecular formula is C19H32N4O4S. The van der Waals surface area contributed by atoms with Crippen molar-refractivity contribution in [3.63, 3.8) is 0 Å². The summed E-state index contributed by atoms with van der Waals surface area (Å²) in [6, 6.07) is 1.43. The molecule has 3 rings (SSSR count). The fourth-order valence-corrected chi connectivity index (χ4v) is 5.50. The first-order valence-electron chi connectivity index (χ1n) is 10.1. The number of H-pyrrole nitrogens is 1. The molecule has 0 bridgehead atoms. The van der Waals surface area contributed by atoms with E-state index < -0.39 is 10.0 Å². The Bertz CT molecular complexity index is 761. The first-order valence-corrected chi connectivity index (χ1v) is 11.5. The molecule has 28 heavy (non-hydrogen) atoms. The maximum absolute atomic E-state index is 12.7. The summed E-state index contributed by atoms with van der Waals surface area (Å²) >= 11 is 0. The van der Waals surface area contributed by atoms with Crippen molar-refractivity contribution in [3.05, 3.63) is 18.0 Å². The lowest BCUT2D eigenvalue weighted by Crippen LogP contribution is -2.52. The fraction of sp³-hybridized carbons (Fsp3) is 0.737. The molecule has 1 saturated carbocycles. The Morgan fingerprint density at radius 1 is 1.21 bits per heavy atom. The van der Waals surface area contributed by atoms with Gasteiger partial charge in [-0.15, -0.1) is 0 Å². The smallest absolute Gasteiger partial charge is 0.267 e. The first-order chi connectivity index (χ1) is 13.3. The van der Waals surface area contributed by atoms with Crippen molar-refractivity contribution in [1.82, 2.24) is 19.5 Å². The third kappa shape index (κ3) is 4.59. The van der Waals surface area contributed by atoms with Crippen LogP contribution < -0.4 is 5.32 Å². The number of nitrogens with one attached hydrogen (secondary N) is 2. The number of rotatable bonds is 6. The van der Waals surface area contributed by atoms with Gasteiger partial charge in [-0.1, -0.05) is 25.7 Å². The van der Waals surface area contributed by atoms with E-state index in [9.17, 15) is 13.2 Å². The van der Waals surface area contributed by atoms with Crippen LogP contribution in [0.3, 0.4) is 0 Å². The lowest BCUT2D eigenvalue weighted by Gasteiger charge is -2.39. The average Bonchev–Trinajstić information content (AvgIpc) is 3.07. The van der Waals surface area contributed by atoms with E-state index in [4.69, 9.17) is 4.74 Å². The van der Waals surface area contributed by atoms with Crippen LogP contribution in [0.4, 0.5) is 0 Å². The normalized spacial score (nSPS) is 21.4. The molecule has 0 unspecified atom stereocenters.